The summed E-state index contributed by atoms with van der Waals surface area (Å²) in [5.74, 6) is 0.770. The molecule has 0 radical (unpaired) electrons. The first-order valence-corrected chi connectivity index (χ1v) is 7.77. The molecule has 3 rings (SSSR count). The van der Waals surface area contributed by atoms with Crippen LogP contribution in [0.5, 0.6) is 0 Å². The van der Waals surface area contributed by atoms with Gasteiger partial charge >= 0.3 is 0 Å². The molecule has 122 valence electrons. The van der Waals surface area contributed by atoms with Crippen molar-refractivity contribution < 1.29 is 18.7 Å². The van der Waals surface area contributed by atoms with E-state index in [0.29, 0.717) is 38.0 Å². The Bertz CT molecular complexity index is 502. The quantitative estimate of drug-likeness (QED) is 0.836. The molecule has 6 heteroatoms. The second kappa shape index (κ2) is 6.40. The van der Waals surface area contributed by atoms with E-state index >= 15 is 0 Å². The lowest BCUT2D eigenvalue weighted by molar-refractivity contribution is -0.0540. The summed E-state index contributed by atoms with van der Waals surface area (Å²) in [4.78, 5) is 16.5. The first-order chi connectivity index (χ1) is 10.6. The molecule has 2 aliphatic heterocycles. The van der Waals surface area contributed by atoms with Crippen LogP contribution in [0.2, 0.25) is 0 Å². The second-order valence-electron chi connectivity index (χ2n) is 6.58. The van der Waals surface area contributed by atoms with Gasteiger partial charge in [-0.1, -0.05) is 0 Å². The Morgan fingerprint density at radius 2 is 2.36 bits per heavy atom. The molecule has 1 aromatic heterocycles. The normalized spacial score (nSPS) is 29.2. The third-order valence-electron chi connectivity index (χ3n) is 4.28. The van der Waals surface area contributed by atoms with Crippen LogP contribution in [0.3, 0.4) is 0 Å². The summed E-state index contributed by atoms with van der Waals surface area (Å²) in [6.07, 6.45) is 2.45. The lowest BCUT2D eigenvalue weighted by Gasteiger charge is -2.30. The predicted octanol–water partition coefficient (Wildman–Crippen LogP) is 1.09. The van der Waals surface area contributed by atoms with Crippen molar-refractivity contribution in [3.05, 3.63) is 24.2 Å². The van der Waals surface area contributed by atoms with Crippen LogP contribution in [0, 0.1) is 5.92 Å². The van der Waals surface area contributed by atoms with E-state index in [4.69, 9.17) is 13.9 Å². The van der Waals surface area contributed by atoms with E-state index < -0.39 is 0 Å². The molecule has 0 aliphatic carbocycles. The van der Waals surface area contributed by atoms with Gasteiger partial charge in [0.05, 0.1) is 32.6 Å². The van der Waals surface area contributed by atoms with Crippen molar-refractivity contribution in [2.24, 2.45) is 5.92 Å². The average molecular weight is 308 g/mol. The summed E-state index contributed by atoms with van der Waals surface area (Å²) in [7, 11) is 4.14. The van der Waals surface area contributed by atoms with Crippen LogP contribution < -0.4 is 0 Å². The van der Waals surface area contributed by atoms with Crippen molar-refractivity contribution in [1.82, 2.24) is 9.80 Å². The molecule has 0 saturated carbocycles. The summed E-state index contributed by atoms with van der Waals surface area (Å²) in [5, 5.41) is 0. The Labute approximate surface area is 131 Å². The number of rotatable bonds is 3. The second-order valence-corrected chi connectivity index (χ2v) is 6.58. The Kier molecular flexibility index (Phi) is 4.52. The fourth-order valence-corrected chi connectivity index (χ4v) is 3.42. The molecule has 1 amide bonds. The van der Waals surface area contributed by atoms with Crippen molar-refractivity contribution in [1.29, 1.82) is 0 Å². The summed E-state index contributed by atoms with van der Waals surface area (Å²) >= 11 is 0. The molecule has 1 aromatic rings. The van der Waals surface area contributed by atoms with Crippen LogP contribution in [0.1, 0.15) is 17.0 Å². The Morgan fingerprint density at radius 1 is 1.50 bits per heavy atom. The lowest BCUT2D eigenvalue weighted by Crippen LogP contribution is -2.46. The van der Waals surface area contributed by atoms with Gasteiger partial charge in [-0.15, -0.1) is 0 Å². The summed E-state index contributed by atoms with van der Waals surface area (Å²) in [6, 6.07) is 3.43. The molecule has 0 unspecified atom stereocenters. The van der Waals surface area contributed by atoms with E-state index in [1.165, 1.54) is 6.26 Å². The summed E-state index contributed by atoms with van der Waals surface area (Å²) in [5.41, 5.74) is -0.376. The molecule has 3 heterocycles. The molecule has 1 spiro atoms. The highest BCUT2D eigenvalue weighted by molar-refractivity contribution is 5.91. The average Bonchev–Trinajstić information content (AvgIpc) is 3.07. The molecular formula is C16H24N2O4. The van der Waals surface area contributed by atoms with Gasteiger partial charge in [0.15, 0.2) is 5.76 Å². The largest absolute Gasteiger partial charge is 0.459 e. The van der Waals surface area contributed by atoms with Crippen molar-refractivity contribution >= 4 is 5.91 Å². The Hall–Kier alpha value is -1.37. The van der Waals surface area contributed by atoms with Gasteiger partial charge in [-0.3, -0.25) is 4.79 Å². The monoisotopic (exact) mass is 308 g/mol. The maximum Gasteiger partial charge on any atom is 0.289 e. The topological polar surface area (TPSA) is 55.2 Å². The highest BCUT2D eigenvalue weighted by atomic mass is 16.5. The molecular weight excluding hydrogens is 284 g/mol. The van der Waals surface area contributed by atoms with Crippen molar-refractivity contribution in [3.8, 4) is 0 Å². The van der Waals surface area contributed by atoms with Crippen molar-refractivity contribution in [2.75, 3.05) is 53.6 Å². The van der Waals surface area contributed by atoms with Crippen LogP contribution in [-0.4, -0.2) is 74.9 Å². The van der Waals surface area contributed by atoms with Crippen LogP contribution in [0.25, 0.3) is 0 Å². The molecule has 0 N–H and O–H groups in total. The first kappa shape index (κ1) is 15.5. The number of furan rings is 1. The van der Waals surface area contributed by atoms with Gasteiger partial charge in [0.25, 0.3) is 5.91 Å². The number of nitrogens with zero attached hydrogens (tertiary/aromatic N) is 2. The molecule has 22 heavy (non-hydrogen) atoms. The highest BCUT2D eigenvalue weighted by Crippen LogP contribution is 2.33. The molecule has 0 aromatic carbocycles. The van der Waals surface area contributed by atoms with Gasteiger partial charge in [-0.05, 0) is 38.6 Å². The minimum Gasteiger partial charge on any atom is -0.459 e. The molecule has 2 atom stereocenters. The van der Waals surface area contributed by atoms with Crippen LogP contribution in [0.15, 0.2) is 22.8 Å². The Balaban J connectivity index is 1.69. The maximum absolute atomic E-state index is 12.5. The maximum atomic E-state index is 12.5. The van der Waals surface area contributed by atoms with E-state index in [1.807, 2.05) is 0 Å². The fraction of sp³-hybridized carbons (Fsp3) is 0.688. The van der Waals surface area contributed by atoms with E-state index in [-0.39, 0.29) is 11.5 Å². The van der Waals surface area contributed by atoms with Crippen molar-refractivity contribution in [2.45, 2.75) is 12.0 Å². The highest BCUT2D eigenvalue weighted by Gasteiger charge is 2.44. The number of carbonyl (C=O) groups is 1. The van der Waals surface area contributed by atoms with Crippen molar-refractivity contribution in [3.63, 3.8) is 0 Å². The van der Waals surface area contributed by atoms with E-state index in [0.717, 1.165) is 19.6 Å². The van der Waals surface area contributed by atoms with E-state index in [1.54, 1.807) is 17.0 Å². The van der Waals surface area contributed by atoms with Gasteiger partial charge in [-0.2, -0.15) is 0 Å². The Morgan fingerprint density at radius 3 is 3.09 bits per heavy atom. The summed E-state index contributed by atoms with van der Waals surface area (Å²) in [6.45, 7) is 3.95. The molecule has 0 bridgehead atoms. The van der Waals surface area contributed by atoms with Gasteiger partial charge < -0.3 is 23.7 Å². The van der Waals surface area contributed by atoms with Gasteiger partial charge in [0.2, 0.25) is 0 Å². The molecule has 2 saturated heterocycles. The zero-order valence-electron chi connectivity index (χ0n) is 13.3. The number of hydrogen-bond donors (Lipinski definition) is 0. The zero-order chi connectivity index (χ0) is 15.6. The number of hydrogen-bond acceptors (Lipinski definition) is 5. The molecule has 2 fully saturated rings. The third kappa shape index (κ3) is 3.34. The zero-order valence-corrected chi connectivity index (χ0v) is 13.3. The van der Waals surface area contributed by atoms with Crippen LogP contribution >= 0.6 is 0 Å². The molecule has 2 aliphatic rings. The van der Waals surface area contributed by atoms with Gasteiger partial charge in [0.1, 0.15) is 5.60 Å². The number of ether oxygens (including phenoxy) is 2. The molecule has 6 nitrogen and oxygen atoms in total. The SMILES string of the molecule is CN(C)C[C@@H]1CO[C@]2(COCCN(C(=O)c3ccco3)C2)C1. The first-order valence-electron chi connectivity index (χ1n) is 7.77. The number of amides is 1. The number of carbonyl (C=O) groups excluding carboxylic acids is 1. The van der Waals surface area contributed by atoms with Crippen LogP contribution in [-0.2, 0) is 9.47 Å². The van der Waals surface area contributed by atoms with E-state index in [9.17, 15) is 4.79 Å². The minimum atomic E-state index is -0.376. The van der Waals surface area contributed by atoms with Gasteiger partial charge in [-0.25, -0.2) is 0 Å². The smallest absolute Gasteiger partial charge is 0.289 e. The summed E-state index contributed by atoms with van der Waals surface area (Å²) < 4.78 is 17.1. The van der Waals surface area contributed by atoms with E-state index in [2.05, 4.69) is 19.0 Å². The minimum absolute atomic E-state index is 0.0884. The van der Waals surface area contributed by atoms with Crippen LogP contribution in [0.4, 0.5) is 0 Å². The standard InChI is InChI=1S/C16H24N2O4/c1-17(2)9-13-8-16(22-10-13)11-18(5-7-20-12-16)15(19)14-4-3-6-21-14/h3-4,6,13H,5,7-12H2,1-2H3/t13-,16-/m1/s1. The van der Waals surface area contributed by atoms with Gasteiger partial charge in [0, 0.05) is 13.1 Å². The third-order valence-corrected chi connectivity index (χ3v) is 4.28. The predicted molar refractivity (Wildman–Crippen MR) is 80.8 cm³/mol. The fourth-order valence-electron chi connectivity index (χ4n) is 3.42. The lowest BCUT2D eigenvalue weighted by atomic mass is 9.94.